The SMILES string of the molecule is O=C(C1=C(O)C(=O)N(c2ccc(Cl)cc2)C1c1ccncc1)c1cc2ccccc2o1. The van der Waals surface area contributed by atoms with Crippen molar-refractivity contribution in [1.82, 2.24) is 4.98 Å². The molecule has 0 bridgehead atoms. The Labute approximate surface area is 182 Å². The average Bonchev–Trinajstić information content (AvgIpc) is 3.34. The summed E-state index contributed by atoms with van der Waals surface area (Å²) >= 11 is 6.00. The molecule has 1 N–H and O–H groups in total. The van der Waals surface area contributed by atoms with Gasteiger partial charge in [0, 0.05) is 28.5 Å². The van der Waals surface area contributed by atoms with Gasteiger partial charge in [0.15, 0.2) is 11.5 Å². The van der Waals surface area contributed by atoms with Crippen molar-refractivity contribution < 1.29 is 19.1 Å². The van der Waals surface area contributed by atoms with Gasteiger partial charge in [-0.05, 0) is 54.1 Å². The van der Waals surface area contributed by atoms with E-state index in [4.69, 9.17) is 16.0 Å². The number of furan rings is 1. The highest BCUT2D eigenvalue weighted by Crippen LogP contribution is 2.42. The summed E-state index contributed by atoms with van der Waals surface area (Å²) in [6.07, 6.45) is 3.14. The first-order valence-corrected chi connectivity index (χ1v) is 9.88. The van der Waals surface area contributed by atoms with Crippen LogP contribution in [0.3, 0.4) is 0 Å². The molecule has 0 radical (unpaired) electrons. The quantitative estimate of drug-likeness (QED) is 0.446. The van der Waals surface area contributed by atoms with Crippen LogP contribution in [0, 0.1) is 0 Å². The van der Waals surface area contributed by atoms with Gasteiger partial charge >= 0.3 is 0 Å². The predicted octanol–water partition coefficient (Wildman–Crippen LogP) is 5.26. The smallest absolute Gasteiger partial charge is 0.294 e. The lowest BCUT2D eigenvalue weighted by Gasteiger charge is -2.26. The molecule has 5 rings (SSSR count). The first kappa shape index (κ1) is 19.1. The summed E-state index contributed by atoms with van der Waals surface area (Å²) in [6, 6.07) is 18.0. The van der Waals surface area contributed by atoms with Crippen LogP contribution in [0.25, 0.3) is 11.0 Å². The van der Waals surface area contributed by atoms with Gasteiger partial charge in [-0.1, -0.05) is 29.8 Å². The number of aliphatic hydroxyl groups excluding tert-OH is 1. The van der Waals surface area contributed by atoms with Gasteiger partial charge in [-0.2, -0.15) is 0 Å². The van der Waals surface area contributed by atoms with E-state index in [0.717, 1.165) is 5.39 Å². The molecule has 3 heterocycles. The van der Waals surface area contributed by atoms with E-state index in [1.54, 1.807) is 67.0 Å². The van der Waals surface area contributed by atoms with Crippen molar-refractivity contribution in [3.63, 3.8) is 0 Å². The fourth-order valence-corrected chi connectivity index (χ4v) is 3.92. The van der Waals surface area contributed by atoms with Gasteiger partial charge in [-0.3, -0.25) is 19.5 Å². The lowest BCUT2D eigenvalue weighted by molar-refractivity contribution is -0.117. The number of anilines is 1. The normalized spacial score (nSPS) is 16.4. The Hall–Kier alpha value is -3.90. The molecular weight excluding hydrogens is 416 g/mol. The second kappa shape index (κ2) is 7.41. The molecule has 2 aromatic carbocycles. The number of rotatable bonds is 4. The van der Waals surface area contributed by atoms with Gasteiger partial charge in [0.1, 0.15) is 5.58 Å². The molecule has 4 aromatic rings. The molecule has 6 nitrogen and oxygen atoms in total. The number of nitrogens with zero attached hydrogens (tertiary/aromatic N) is 2. The molecular formula is C24H15ClN2O4. The van der Waals surface area contributed by atoms with E-state index in [0.29, 0.717) is 21.9 Å². The van der Waals surface area contributed by atoms with Crippen LogP contribution in [0.5, 0.6) is 0 Å². The number of amides is 1. The first-order valence-electron chi connectivity index (χ1n) is 9.50. The summed E-state index contributed by atoms with van der Waals surface area (Å²) in [4.78, 5) is 31.9. The Morgan fingerprint density at radius 2 is 1.74 bits per heavy atom. The number of ketones is 1. The van der Waals surface area contributed by atoms with E-state index in [2.05, 4.69) is 4.98 Å². The van der Waals surface area contributed by atoms with Crippen LogP contribution in [0.15, 0.2) is 94.9 Å². The van der Waals surface area contributed by atoms with Crippen molar-refractivity contribution in [2.45, 2.75) is 6.04 Å². The zero-order chi connectivity index (χ0) is 21.5. The molecule has 1 amide bonds. The molecule has 0 spiro atoms. The third kappa shape index (κ3) is 3.17. The summed E-state index contributed by atoms with van der Waals surface area (Å²) < 4.78 is 5.71. The maximum atomic E-state index is 13.5. The van der Waals surface area contributed by atoms with Gasteiger partial charge < -0.3 is 9.52 Å². The summed E-state index contributed by atoms with van der Waals surface area (Å²) in [5.74, 6) is -1.79. The number of hydrogen-bond donors (Lipinski definition) is 1. The number of aliphatic hydroxyl groups is 1. The molecule has 31 heavy (non-hydrogen) atoms. The number of halogens is 1. The number of Topliss-reactive ketones (excluding diaryl/α,β-unsaturated/α-hetero) is 1. The molecule has 152 valence electrons. The average molecular weight is 431 g/mol. The Morgan fingerprint density at radius 1 is 1.03 bits per heavy atom. The van der Waals surface area contributed by atoms with Crippen LogP contribution in [0.1, 0.15) is 22.2 Å². The summed E-state index contributed by atoms with van der Waals surface area (Å²) in [5.41, 5.74) is 1.62. The summed E-state index contributed by atoms with van der Waals surface area (Å²) in [6.45, 7) is 0. The van der Waals surface area contributed by atoms with Gasteiger partial charge in [-0.25, -0.2) is 0 Å². The lowest BCUT2D eigenvalue weighted by atomic mass is 9.95. The summed E-state index contributed by atoms with van der Waals surface area (Å²) in [7, 11) is 0. The second-order valence-electron chi connectivity index (χ2n) is 7.07. The van der Waals surface area contributed by atoms with Crippen molar-refractivity contribution >= 4 is 39.9 Å². The highest BCUT2D eigenvalue weighted by Gasteiger charge is 2.45. The zero-order valence-electron chi connectivity index (χ0n) is 16.0. The number of pyridine rings is 1. The number of aromatic nitrogens is 1. The van der Waals surface area contributed by atoms with Crippen LogP contribution >= 0.6 is 11.6 Å². The minimum atomic E-state index is -0.850. The second-order valence-corrected chi connectivity index (χ2v) is 7.51. The molecule has 1 atom stereocenters. The molecule has 1 aliphatic heterocycles. The Kier molecular flexibility index (Phi) is 4.56. The van der Waals surface area contributed by atoms with Crippen molar-refractivity contribution in [1.29, 1.82) is 0 Å². The van der Waals surface area contributed by atoms with E-state index >= 15 is 0 Å². The molecule has 7 heteroatoms. The van der Waals surface area contributed by atoms with E-state index in [1.165, 1.54) is 4.90 Å². The Balaban J connectivity index is 1.65. The van der Waals surface area contributed by atoms with E-state index in [-0.39, 0.29) is 11.3 Å². The standard InChI is InChI=1S/C24H15ClN2O4/c25-16-5-7-17(8-6-16)27-21(14-9-11-26-12-10-14)20(23(29)24(27)30)22(28)19-13-15-3-1-2-4-18(15)31-19/h1-13,21,29H. The zero-order valence-corrected chi connectivity index (χ0v) is 16.8. The van der Waals surface area contributed by atoms with E-state index in [1.807, 2.05) is 12.1 Å². The third-order valence-electron chi connectivity index (χ3n) is 5.23. The summed E-state index contributed by atoms with van der Waals surface area (Å²) in [5, 5.41) is 12.0. The number of fused-ring (bicyclic) bond motifs is 1. The van der Waals surface area contributed by atoms with Crippen molar-refractivity contribution in [3.05, 3.63) is 107 Å². The molecule has 1 aliphatic rings. The number of hydrogen-bond acceptors (Lipinski definition) is 5. The number of carbonyl (C=O) groups is 2. The van der Waals surface area contributed by atoms with Crippen LogP contribution < -0.4 is 4.90 Å². The third-order valence-corrected chi connectivity index (χ3v) is 5.48. The fourth-order valence-electron chi connectivity index (χ4n) is 3.79. The molecule has 0 saturated heterocycles. The number of carbonyl (C=O) groups excluding carboxylic acids is 2. The highest BCUT2D eigenvalue weighted by atomic mass is 35.5. The van der Waals surface area contributed by atoms with Crippen molar-refractivity contribution in [3.8, 4) is 0 Å². The van der Waals surface area contributed by atoms with Crippen LogP contribution in [0.4, 0.5) is 5.69 Å². The number of benzene rings is 2. The molecule has 0 aliphatic carbocycles. The molecule has 1 unspecified atom stereocenters. The molecule has 2 aromatic heterocycles. The lowest BCUT2D eigenvalue weighted by Crippen LogP contribution is -2.31. The number of para-hydroxylation sites is 1. The minimum Gasteiger partial charge on any atom is -0.503 e. The maximum Gasteiger partial charge on any atom is 0.294 e. The van der Waals surface area contributed by atoms with Gasteiger partial charge in [0.2, 0.25) is 5.78 Å². The van der Waals surface area contributed by atoms with E-state index in [9.17, 15) is 14.7 Å². The van der Waals surface area contributed by atoms with E-state index < -0.39 is 23.5 Å². The largest absolute Gasteiger partial charge is 0.503 e. The maximum absolute atomic E-state index is 13.5. The highest BCUT2D eigenvalue weighted by molar-refractivity contribution is 6.30. The van der Waals surface area contributed by atoms with Crippen LogP contribution in [-0.2, 0) is 4.79 Å². The van der Waals surface area contributed by atoms with Crippen molar-refractivity contribution in [2.75, 3.05) is 4.90 Å². The molecule has 0 saturated carbocycles. The Morgan fingerprint density at radius 3 is 2.45 bits per heavy atom. The fraction of sp³-hybridized carbons (Fsp3) is 0.0417. The van der Waals surface area contributed by atoms with Crippen LogP contribution in [-0.4, -0.2) is 21.8 Å². The topological polar surface area (TPSA) is 83.6 Å². The van der Waals surface area contributed by atoms with Crippen LogP contribution in [0.2, 0.25) is 5.02 Å². The van der Waals surface area contributed by atoms with Crippen molar-refractivity contribution in [2.24, 2.45) is 0 Å². The predicted molar refractivity (Wildman–Crippen MR) is 116 cm³/mol. The van der Waals surface area contributed by atoms with Gasteiger partial charge in [-0.15, -0.1) is 0 Å². The monoisotopic (exact) mass is 430 g/mol. The minimum absolute atomic E-state index is 0.0487. The van der Waals surface area contributed by atoms with Gasteiger partial charge in [0.05, 0.1) is 11.6 Å². The first-order chi connectivity index (χ1) is 15.0. The molecule has 0 fully saturated rings. The van der Waals surface area contributed by atoms with Gasteiger partial charge in [0.25, 0.3) is 5.91 Å². The Bertz CT molecular complexity index is 1310.